The van der Waals surface area contributed by atoms with E-state index in [1.807, 2.05) is 6.07 Å². The first-order chi connectivity index (χ1) is 24.2. The van der Waals surface area contributed by atoms with Crippen molar-refractivity contribution in [3.05, 3.63) is 39.9 Å². The van der Waals surface area contributed by atoms with Gasteiger partial charge in [0.05, 0.1) is 38.5 Å². The highest BCUT2D eigenvalue weighted by Gasteiger charge is 2.49. The number of anilines is 2. The highest BCUT2D eigenvalue weighted by atomic mass is 35.5. The maximum absolute atomic E-state index is 17.5. The first-order valence-corrected chi connectivity index (χ1v) is 18.2. The molecule has 3 fully saturated rings. The van der Waals surface area contributed by atoms with Crippen LogP contribution < -0.4 is 25.8 Å². The van der Waals surface area contributed by atoms with Gasteiger partial charge < -0.3 is 25.8 Å². The second-order valence-electron chi connectivity index (χ2n) is 13.9. The second kappa shape index (κ2) is 12.6. The second-order valence-corrected chi connectivity index (χ2v) is 15.3. The average molecular weight is 722 g/mol. The Hall–Kier alpha value is -4.01. The van der Waals surface area contributed by atoms with Crippen LogP contribution in [0.25, 0.3) is 32.1 Å². The third kappa shape index (κ3) is 5.12. The summed E-state index contributed by atoms with van der Waals surface area (Å²) in [6, 6.07) is 6.82. The van der Waals surface area contributed by atoms with E-state index < -0.39 is 23.3 Å². The van der Waals surface area contributed by atoms with Crippen LogP contribution in [0.15, 0.2) is 12.1 Å². The highest BCUT2D eigenvalue weighted by molar-refractivity contribution is 7.23. The number of nitrogens with two attached hydrogens (primary N) is 2. The van der Waals surface area contributed by atoms with Crippen molar-refractivity contribution in [3.63, 3.8) is 0 Å². The van der Waals surface area contributed by atoms with Crippen LogP contribution in [0, 0.1) is 34.3 Å². The van der Waals surface area contributed by atoms with E-state index in [1.165, 1.54) is 12.1 Å². The maximum Gasteiger partial charge on any atom is 0.234 e. The normalized spacial score (nSPS) is 25.2. The largest absolute Gasteiger partial charge is 0.491 e. The van der Waals surface area contributed by atoms with Crippen LogP contribution in [-0.4, -0.2) is 66.5 Å². The summed E-state index contributed by atoms with van der Waals surface area (Å²) < 4.78 is 60.0. The Kier molecular flexibility index (Phi) is 8.38. The van der Waals surface area contributed by atoms with Crippen LogP contribution in [0.1, 0.15) is 62.5 Å². The molecule has 3 unspecified atom stereocenters. The minimum Gasteiger partial charge on any atom is -0.491 e. The number of benzene rings is 2. The zero-order chi connectivity index (χ0) is 34.9. The Labute approximate surface area is 296 Å². The number of thiophene rings is 1. The fourth-order valence-corrected chi connectivity index (χ4v) is 10.0. The zero-order valence-corrected chi connectivity index (χ0v) is 28.8. The molecule has 4 aromatic rings. The molecule has 0 spiro atoms. The number of nitriles is 2. The van der Waals surface area contributed by atoms with E-state index in [2.05, 4.69) is 15.9 Å². The van der Waals surface area contributed by atoms with Crippen molar-refractivity contribution in [2.45, 2.75) is 75.2 Å². The lowest BCUT2D eigenvalue weighted by Gasteiger charge is -2.40. The summed E-state index contributed by atoms with van der Waals surface area (Å²) in [4.78, 5) is 8.91. The Balaban J connectivity index is 1.40. The first-order valence-electron chi connectivity index (χ1n) is 17.0. The quantitative estimate of drug-likeness (QED) is 0.219. The van der Waals surface area contributed by atoms with E-state index in [1.54, 1.807) is 0 Å². The van der Waals surface area contributed by atoms with Gasteiger partial charge in [0.1, 0.15) is 52.6 Å². The van der Waals surface area contributed by atoms with Crippen LogP contribution in [0.3, 0.4) is 0 Å². The smallest absolute Gasteiger partial charge is 0.234 e. The number of fused-ring (bicyclic) bond motifs is 2. The van der Waals surface area contributed by atoms with E-state index in [4.69, 9.17) is 37.5 Å². The van der Waals surface area contributed by atoms with Gasteiger partial charge in [0.15, 0.2) is 5.82 Å². The molecule has 2 aromatic heterocycles. The molecule has 14 heteroatoms. The number of aromatic nitrogens is 1. The predicted molar refractivity (Wildman–Crippen MR) is 188 cm³/mol. The van der Waals surface area contributed by atoms with Crippen molar-refractivity contribution in [1.29, 1.82) is 10.5 Å². The first kappa shape index (κ1) is 33.2. The van der Waals surface area contributed by atoms with Crippen molar-refractivity contribution < 1.29 is 22.6 Å². The van der Waals surface area contributed by atoms with Crippen LogP contribution in [0.4, 0.5) is 23.9 Å². The van der Waals surface area contributed by atoms with Gasteiger partial charge in [-0.2, -0.15) is 10.5 Å². The molecule has 2 aromatic carbocycles. The van der Waals surface area contributed by atoms with E-state index in [9.17, 15) is 14.9 Å². The Morgan fingerprint density at radius 3 is 2.72 bits per heavy atom. The molecular weight excluding hydrogens is 687 g/mol. The maximum atomic E-state index is 17.5. The van der Waals surface area contributed by atoms with Gasteiger partial charge in [0, 0.05) is 42.5 Å². The summed E-state index contributed by atoms with van der Waals surface area (Å²) in [6.07, 6.45) is 4.79. The number of nitrogen functional groups attached to an aromatic ring is 1. The summed E-state index contributed by atoms with van der Waals surface area (Å²) in [6.45, 7) is 1.90. The van der Waals surface area contributed by atoms with Crippen molar-refractivity contribution in [2.24, 2.45) is 5.73 Å². The number of hydrogen-bond donors (Lipinski definition) is 2. The van der Waals surface area contributed by atoms with E-state index in [0.29, 0.717) is 38.0 Å². The molecule has 3 aliphatic heterocycles. The van der Waals surface area contributed by atoms with Crippen LogP contribution in [0.5, 0.6) is 11.6 Å². The van der Waals surface area contributed by atoms with Crippen molar-refractivity contribution in [3.8, 4) is 34.9 Å². The van der Waals surface area contributed by atoms with Gasteiger partial charge >= 0.3 is 0 Å². The van der Waals surface area contributed by atoms with Gasteiger partial charge in [0.2, 0.25) is 5.88 Å². The zero-order valence-electron chi connectivity index (χ0n) is 27.2. The molecule has 4 N–H and O–H groups in total. The summed E-state index contributed by atoms with van der Waals surface area (Å²) in [5.74, 6) is -1.39. The van der Waals surface area contributed by atoms with Gasteiger partial charge in [0.25, 0.3) is 0 Å². The number of rotatable bonds is 5. The van der Waals surface area contributed by atoms with E-state index in [-0.39, 0.29) is 90.2 Å². The highest BCUT2D eigenvalue weighted by Crippen LogP contribution is 2.53. The Morgan fingerprint density at radius 1 is 1.12 bits per heavy atom. The van der Waals surface area contributed by atoms with Crippen molar-refractivity contribution >= 4 is 54.6 Å². The van der Waals surface area contributed by atoms with Crippen molar-refractivity contribution in [2.75, 3.05) is 43.5 Å². The topological polar surface area (TPSA) is 137 Å². The average Bonchev–Trinajstić information content (AvgIpc) is 3.73. The summed E-state index contributed by atoms with van der Waals surface area (Å²) in [7, 11) is 0. The van der Waals surface area contributed by atoms with Gasteiger partial charge in [-0.3, -0.25) is 4.90 Å². The Morgan fingerprint density at radius 2 is 1.94 bits per heavy atom. The number of nitrogens with zero attached hydrogens (tertiary/aromatic N) is 5. The van der Waals surface area contributed by atoms with E-state index >= 15 is 8.78 Å². The minimum atomic E-state index is -0.989. The molecular formula is C36H35ClF3N7O2S. The molecule has 8 rings (SSSR count). The molecule has 1 saturated carbocycles. The molecule has 0 radical (unpaired) electrons. The predicted octanol–water partition coefficient (Wildman–Crippen LogP) is 7.19. The monoisotopic (exact) mass is 721 g/mol. The number of alkyl halides is 1. The molecule has 0 amide bonds. The lowest BCUT2D eigenvalue weighted by molar-refractivity contribution is 0.110. The van der Waals surface area contributed by atoms with Gasteiger partial charge in [-0.25, -0.2) is 18.2 Å². The van der Waals surface area contributed by atoms with Gasteiger partial charge in [-0.05, 0) is 63.1 Å². The summed E-state index contributed by atoms with van der Waals surface area (Å²) >= 11 is 8.02. The van der Waals surface area contributed by atoms with Gasteiger partial charge in [-0.15, -0.1) is 11.3 Å². The van der Waals surface area contributed by atoms with Gasteiger partial charge in [-0.1, -0.05) is 17.7 Å². The molecule has 5 heterocycles. The SMILES string of the molecule is N#Cc1c(OCC23CCCN2C[C@H](F)C3)nc2c(F)c(-c3ccc(F)c4sc(N)c(C#N)c34)c(Cl)c3c2c1N(C1CCCC(N)C1)CCCO3. The molecule has 50 heavy (non-hydrogen) atoms. The minimum absolute atomic E-state index is 0.0130. The van der Waals surface area contributed by atoms with Crippen LogP contribution in [-0.2, 0) is 0 Å². The number of hydrogen-bond acceptors (Lipinski definition) is 10. The third-order valence-corrected chi connectivity index (χ3v) is 12.4. The molecule has 4 atom stereocenters. The number of ether oxygens (including phenoxy) is 2. The molecule has 1 aliphatic carbocycles. The van der Waals surface area contributed by atoms with E-state index in [0.717, 1.165) is 50.0 Å². The fraction of sp³-hybridized carbons (Fsp3) is 0.472. The molecule has 260 valence electrons. The number of pyridine rings is 1. The van der Waals surface area contributed by atoms with Crippen LogP contribution >= 0.6 is 22.9 Å². The number of halogens is 4. The summed E-state index contributed by atoms with van der Waals surface area (Å²) in [5.41, 5.74) is 12.4. The molecule has 2 saturated heterocycles. The Bertz CT molecular complexity index is 2130. The lowest BCUT2D eigenvalue weighted by atomic mass is 9.89. The standard InChI is InChI=1S/C36H35ClF3N7O2S/c37-28-26(21-6-7-24(39)33-25(21)22(14-41)34(44)50-33)29(40)30-27-31(47(10-3-11-48-32(27)28)20-5-1-4-19(43)12-20)23(15-42)35(45-30)49-17-36-8-2-9-46(36)16-18(38)13-36/h6-7,18-20H,1-5,8-13,16-17,43-44H2/t18-,19?,20?,36?/m1/s1. The fourth-order valence-electron chi connectivity index (χ4n) is 8.76. The molecule has 4 aliphatic rings. The van der Waals surface area contributed by atoms with Crippen molar-refractivity contribution in [1.82, 2.24) is 9.88 Å². The lowest BCUT2D eigenvalue weighted by Crippen LogP contribution is -2.45. The summed E-state index contributed by atoms with van der Waals surface area (Å²) in [5, 5.41) is 21.1. The molecule has 9 nitrogen and oxygen atoms in total. The molecule has 0 bridgehead atoms. The third-order valence-electron chi connectivity index (χ3n) is 11.0. The van der Waals surface area contributed by atoms with Crippen LogP contribution in [0.2, 0.25) is 5.02 Å².